The zero-order chi connectivity index (χ0) is 12.1. The monoisotopic (exact) mass is 265 g/mol. The van der Waals surface area contributed by atoms with E-state index in [1.54, 1.807) is 12.3 Å². The van der Waals surface area contributed by atoms with Crippen LogP contribution >= 0.6 is 23.4 Å². The second-order valence-electron chi connectivity index (χ2n) is 3.47. The molecule has 17 heavy (non-hydrogen) atoms. The molecule has 2 rings (SSSR count). The number of hydrogen-bond donors (Lipinski definition) is 0. The van der Waals surface area contributed by atoms with Crippen molar-refractivity contribution in [3.8, 4) is 0 Å². The zero-order valence-electron chi connectivity index (χ0n) is 9.43. The molecular formula is C12H12ClN3S. The van der Waals surface area contributed by atoms with Crippen LogP contribution in [0.15, 0.2) is 40.5 Å². The number of halogens is 1. The maximum absolute atomic E-state index is 5.97. The van der Waals surface area contributed by atoms with Gasteiger partial charge in [-0.25, -0.2) is 15.0 Å². The fraction of sp³-hybridized carbons (Fsp3) is 0.250. The van der Waals surface area contributed by atoms with Gasteiger partial charge < -0.3 is 0 Å². The quantitative estimate of drug-likeness (QED) is 0.792. The van der Waals surface area contributed by atoms with E-state index in [1.165, 1.54) is 11.8 Å². The van der Waals surface area contributed by atoms with Crippen LogP contribution in [0.3, 0.4) is 0 Å². The zero-order valence-corrected chi connectivity index (χ0v) is 11.0. The van der Waals surface area contributed by atoms with Crippen molar-refractivity contribution in [1.29, 1.82) is 0 Å². The molecule has 0 saturated carbocycles. The first-order chi connectivity index (χ1) is 8.28. The van der Waals surface area contributed by atoms with Crippen LogP contribution in [-0.2, 0) is 6.42 Å². The van der Waals surface area contributed by atoms with E-state index in [2.05, 4.69) is 21.9 Å². The normalized spacial score (nSPS) is 10.5. The molecular weight excluding hydrogens is 254 g/mol. The van der Waals surface area contributed by atoms with Crippen molar-refractivity contribution in [3.05, 3.63) is 41.4 Å². The summed E-state index contributed by atoms with van der Waals surface area (Å²) in [4.78, 5) is 12.9. The molecule has 0 aliphatic heterocycles. The number of pyridine rings is 1. The minimum Gasteiger partial charge on any atom is -0.250 e. The average Bonchev–Trinajstić information content (AvgIpc) is 2.30. The highest BCUT2D eigenvalue weighted by molar-refractivity contribution is 7.99. The number of aryl methyl sites for hydroxylation is 1. The first-order valence-corrected chi connectivity index (χ1v) is 6.59. The van der Waals surface area contributed by atoms with E-state index in [1.807, 2.05) is 18.2 Å². The van der Waals surface area contributed by atoms with Gasteiger partial charge in [0, 0.05) is 18.7 Å². The van der Waals surface area contributed by atoms with Crippen LogP contribution in [0, 0.1) is 0 Å². The minimum atomic E-state index is 0.488. The second-order valence-corrected chi connectivity index (χ2v) is 4.89. The number of aromatic nitrogens is 3. The summed E-state index contributed by atoms with van der Waals surface area (Å²) in [6.45, 7) is 2.09. The topological polar surface area (TPSA) is 38.7 Å². The molecule has 0 N–H and O–H groups in total. The van der Waals surface area contributed by atoms with Crippen LogP contribution in [0.2, 0.25) is 5.15 Å². The van der Waals surface area contributed by atoms with Crippen molar-refractivity contribution in [2.24, 2.45) is 0 Å². The van der Waals surface area contributed by atoms with Gasteiger partial charge in [-0.2, -0.15) is 0 Å². The molecule has 88 valence electrons. The average molecular weight is 266 g/mol. The Labute approximate surface area is 110 Å². The first-order valence-electron chi connectivity index (χ1n) is 5.40. The van der Waals surface area contributed by atoms with Crippen LogP contribution in [-0.4, -0.2) is 15.0 Å². The molecule has 5 heteroatoms. The maximum Gasteiger partial charge on any atom is 0.133 e. The van der Waals surface area contributed by atoms with Crippen LogP contribution < -0.4 is 0 Å². The summed E-state index contributed by atoms with van der Waals surface area (Å²) in [5.41, 5.74) is 0. The lowest BCUT2D eigenvalue weighted by molar-refractivity contribution is 0.809. The smallest absolute Gasteiger partial charge is 0.133 e. The third-order valence-corrected chi connectivity index (χ3v) is 3.10. The molecule has 2 aromatic heterocycles. The van der Waals surface area contributed by atoms with Gasteiger partial charge in [0.15, 0.2) is 0 Å². The van der Waals surface area contributed by atoms with E-state index < -0.39 is 0 Å². The maximum atomic E-state index is 5.97. The number of hydrogen-bond acceptors (Lipinski definition) is 4. The largest absolute Gasteiger partial charge is 0.250 e. The molecule has 2 heterocycles. The minimum absolute atomic E-state index is 0.488. The lowest BCUT2D eigenvalue weighted by Gasteiger charge is -2.03. The third kappa shape index (κ3) is 3.68. The molecule has 0 aliphatic rings. The summed E-state index contributed by atoms with van der Waals surface area (Å²) in [5, 5.41) is 2.23. The first kappa shape index (κ1) is 12.3. The number of rotatable bonds is 4. The van der Waals surface area contributed by atoms with Crippen molar-refractivity contribution in [3.63, 3.8) is 0 Å². The van der Waals surface area contributed by atoms with Gasteiger partial charge >= 0.3 is 0 Å². The Morgan fingerprint density at radius 1 is 1.24 bits per heavy atom. The van der Waals surface area contributed by atoms with Crippen molar-refractivity contribution in [2.45, 2.75) is 29.8 Å². The predicted molar refractivity (Wildman–Crippen MR) is 69.4 cm³/mol. The van der Waals surface area contributed by atoms with Crippen LogP contribution in [0.25, 0.3) is 0 Å². The lowest BCUT2D eigenvalue weighted by Crippen LogP contribution is -1.96. The van der Waals surface area contributed by atoms with Gasteiger partial charge in [0.1, 0.15) is 21.0 Å². The van der Waals surface area contributed by atoms with Crippen LogP contribution in [0.5, 0.6) is 0 Å². The summed E-state index contributed by atoms with van der Waals surface area (Å²) in [6, 6.07) is 7.55. The molecule has 0 spiro atoms. The third-order valence-electron chi connectivity index (χ3n) is 2.04. The van der Waals surface area contributed by atoms with Gasteiger partial charge in [0.25, 0.3) is 0 Å². The number of nitrogens with zero attached hydrogens (tertiary/aromatic N) is 3. The van der Waals surface area contributed by atoms with Crippen LogP contribution in [0.1, 0.15) is 19.2 Å². The summed E-state index contributed by atoms with van der Waals surface area (Å²) < 4.78 is 0. The Hall–Kier alpha value is -1.13. The standard InChI is InChI=1S/C12H12ClN3S/c1-2-5-10-15-9(13)8-12(16-10)17-11-6-3-4-7-14-11/h3-4,6-8H,2,5H2,1H3. The van der Waals surface area contributed by atoms with E-state index in [0.29, 0.717) is 5.15 Å². The second kappa shape index (κ2) is 5.98. The van der Waals surface area contributed by atoms with Crippen molar-refractivity contribution in [1.82, 2.24) is 15.0 Å². The summed E-state index contributed by atoms with van der Waals surface area (Å²) in [5.74, 6) is 0.790. The molecule has 0 aromatic carbocycles. The molecule has 0 atom stereocenters. The highest BCUT2D eigenvalue weighted by atomic mass is 35.5. The SMILES string of the molecule is CCCc1nc(Cl)cc(Sc2ccccn2)n1. The van der Waals surface area contributed by atoms with E-state index >= 15 is 0 Å². The Kier molecular flexibility index (Phi) is 4.34. The molecule has 0 bridgehead atoms. The lowest BCUT2D eigenvalue weighted by atomic mass is 10.3. The molecule has 0 unspecified atom stereocenters. The van der Waals surface area contributed by atoms with Gasteiger partial charge in [0.05, 0.1) is 0 Å². The molecule has 0 aliphatic carbocycles. The molecule has 0 amide bonds. The fourth-order valence-corrected chi connectivity index (χ4v) is 2.41. The van der Waals surface area contributed by atoms with Gasteiger partial charge in [-0.3, -0.25) is 0 Å². The van der Waals surface area contributed by atoms with Crippen molar-refractivity contribution in [2.75, 3.05) is 0 Å². The highest BCUT2D eigenvalue weighted by Gasteiger charge is 2.05. The Balaban J connectivity index is 2.21. The summed E-state index contributed by atoms with van der Waals surface area (Å²) in [7, 11) is 0. The Bertz CT molecular complexity index is 490. The summed E-state index contributed by atoms with van der Waals surface area (Å²) >= 11 is 7.46. The van der Waals surface area contributed by atoms with E-state index in [9.17, 15) is 0 Å². The Morgan fingerprint density at radius 2 is 2.12 bits per heavy atom. The molecule has 0 saturated heterocycles. The predicted octanol–water partition coefficient (Wildman–Crippen LogP) is 3.63. The molecule has 2 aromatic rings. The Morgan fingerprint density at radius 3 is 2.82 bits per heavy atom. The van der Waals surface area contributed by atoms with E-state index in [-0.39, 0.29) is 0 Å². The van der Waals surface area contributed by atoms with Crippen molar-refractivity contribution < 1.29 is 0 Å². The van der Waals surface area contributed by atoms with Gasteiger partial charge in [0.2, 0.25) is 0 Å². The summed E-state index contributed by atoms with van der Waals surface area (Å²) in [6.07, 6.45) is 3.61. The van der Waals surface area contributed by atoms with E-state index in [4.69, 9.17) is 11.6 Å². The molecule has 3 nitrogen and oxygen atoms in total. The van der Waals surface area contributed by atoms with Gasteiger partial charge in [-0.15, -0.1) is 0 Å². The molecule has 0 fully saturated rings. The van der Waals surface area contributed by atoms with Gasteiger partial charge in [-0.1, -0.05) is 24.6 Å². The van der Waals surface area contributed by atoms with Crippen molar-refractivity contribution >= 4 is 23.4 Å². The highest BCUT2D eigenvalue weighted by Crippen LogP contribution is 2.25. The molecule has 0 radical (unpaired) electrons. The van der Waals surface area contributed by atoms with Crippen LogP contribution in [0.4, 0.5) is 0 Å². The fourth-order valence-electron chi connectivity index (χ4n) is 1.34. The van der Waals surface area contributed by atoms with Gasteiger partial charge in [-0.05, 0) is 30.3 Å². The van der Waals surface area contributed by atoms with E-state index in [0.717, 1.165) is 28.7 Å².